The maximum atomic E-state index is 12.1. The summed E-state index contributed by atoms with van der Waals surface area (Å²) in [4.78, 5) is 27.5. The number of carboxylic acids is 1. The van der Waals surface area contributed by atoms with Crippen LogP contribution in [0, 0.1) is 0 Å². The largest absolute Gasteiger partial charge is 0.480 e. The van der Waals surface area contributed by atoms with E-state index in [1.807, 2.05) is 0 Å². The Hall–Kier alpha value is -1.30. The highest BCUT2D eigenvalue weighted by Gasteiger charge is 2.32. The van der Waals surface area contributed by atoms with E-state index in [2.05, 4.69) is 20.9 Å². The molecule has 92 valence electrons. The van der Waals surface area contributed by atoms with Crippen LogP contribution in [0.25, 0.3) is 0 Å². The van der Waals surface area contributed by atoms with E-state index >= 15 is 0 Å². The van der Waals surface area contributed by atoms with Crippen molar-refractivity contribution in [2.45, 2.75) is 25.3 Å². The van der Waals surface area contributed by atoms with Crippen LogP contribution in [0.4, 0.5) is 0 Å². The van der Waals surface area contributed by atoms with E-state index in [1.165, 1.54) is 4.90 Å². The second kappa shape index (κ2) is 4.91. The number of rotatable bonds is 2. The summed E-state index contributed by atoms with van der Waals surface area (Å²) in [6, 6.07) is 0.967. The highest BCUT2D eigenvalue weighted by Crippen LogP contribution is 2.20. The van der Waals surface area contributed by atoms with Gasteiger partial charge in [-0.05, 0) is 41.3 Å². The number of carbonyl (C=O) groups is 2. The summed E-state index contributed by atoms with van der Waals surface area (Å²) < 4.78 is 0.782. The lowest BCUT2D eigenvalue weighted by Gasteiger charge is -2.32. The van der Waals surface area contributed by atoms with Crippen LogP contribution >= 0.6 is 15.9 Å². The molecule has 1 aliphatic rings. The van der Waals surface area contributed by atoms with Gasteiger partial charge in [-0.25, -0.2) is 4.79 Å². The van der Waals surface area contributed by atoms with Crippen molar-refractivity contribution in [1.29, 1.82) is 0 Å². The Morgan fingerprint density at radius 3 is 2.82 bits per heavy atom. The number of aromatic nitrogens is 1. The molecular formula is C11H13BrN2O3. The normalized spacial score (nSPS) is 20.3. The molecule has 0 spiro atoms. The maximum Gasteiger partial charge on any atom is 0.326 e. The third-order valence-electron chi connectivity index (χ3n) is 2.93. The lowest BCUT2D eigenvalue weighted by molar-refractivity contribution is -0.143. The number of piperidine rings is 1. The van der Waals surface area contributed by atoms with Crippen LogP contribution in [0.5, 0.6) is 0 Å². The van der Waals surface area contributed by atoms with Crippen molar-refractivity contribution in [1.82, 2.24) is 9.88 Å². The van der Waals surface area contributed by atoms with Gasteiger partial charge in [0.25, 0.3) is 5.91 Å². The quantitative estimate of drug-likeness (QED) is 0.875. The van der Waals surface area contributed by atoms with E-state index in [-0.39, 0.29) is 5.91 Å². The molecule has 6 heteroatoms. The molecule has 1 fully saturated rings. The Morgan fingerprint density at radius 1 is 1.47 bits per heavy atom. The molecule has 1 saturated heterocycles. The first-order valence-corrected chi connectivity index (χ1v) is 6.26. The Labute approximate surface area is 107 Å². The van der Waals surface area contributed by atoms with Gasteiger partial charge < -0.3 is 15.0 Å². The summed E-state index contributed by atoms with van der Waals surface area (Å²) in [6.07, 6.45) is 3.91. The lowest BCUT2D eigenvalue weighted by atomic mass is 10.0. The number of halogens is 1. The second-order valence-electron chi connectivity index (χ2n) is 4.08. The lowest BCUT2D eigenvalue weighted by Crippen LogP contribution is -2.48. The zero-order valence-electron chi connectivity index (χ0n) is 9.15. The zero-order chi connectivity index (χ0) is 12.4. The third-order valence-corrected chi connectivity index (χ3v) is 3.38. The van der Waals surface area contributed by atoms with Crippen molar-refractivity contribution in [3.05, 3.63) is 22.4 Å². The first-order chi connectivity index (χ1) is 8.09. The van der Waals surface area contributed by atoms with Gasteiger partial charge in [0, 0.05) is 17.2 Å². The van der Waals surface area contributed by atoms with Crippen LogP contribution in [0.15, 0.2) is 16.7 Å². The number of H-pyrrole nitrogens is 1. The van der Waals surface area contributed by atoms with Gasteiger partial charge in [0.2, 0.25) is 0 Å². The number of nitrogens with one attached hydrogen (secondary N) is 1. The Balaban J connectivity index is 2.19. The van der Waals surface area contributed by atoms with E-state index < -0.39 is 12.0 Å². The van der Waals surface area contributed by atoms with Gasteiger partial charge in [-0.2, -0.15) is 0 Å². The predicted molar refractivity (Wildman–Crippen MR) is 64.8 cm³/mol. The number of hydrogen-bond donors (Lipinski definition) is 2. The van der Waals surface area contributed by atoms with Gasteiger partial charge in [-0.1, -0.05) is 0 Å². The molecule has 2 N–H and O–H groups in total. The fourth-order valence-electron chi connectivity index (χ4n) is 2.08. The Morgan fingerprint density at radius 2 is 2.24 bits per heavy atom. The number of hydrogen-bond acceptors (Lipinski definition) is 2. The second-order valence-corrected chi connectivity index (χ2v) is 5.00. The number of aliphatic carboxylic acids is 1. The average molecular weight is 301 g/mol. The topological polar surface area (TPSA) is 73.4 Å². The van der Waals surface area contributed by atoms with Gasteiger partial charge in [0.05, 0.1) is 0 Å². The van der Waals surface area contributed by atoms with Crippen molar-refractivity contribution in [2.75, 3.05) is 6.54 Å². The molecule has 2 rings (SSSR count). The van der Waals surface area contributed by atoms with Crippen LogP contribution in [-0.2, 0) is 4.79 Å². The monoisotopic (exact) mass is 300 g/mol. The standard InChI is InChI=1S/C11H13BrN2O3/c12-7-5-8(13-6-7)10(15)14-4-2-1-3-9(14)11(16)17/h5-6,9,13H,1-4H2,(H,16,17). The van der Waals surface area contributed by atoms with Gasteiger partial charge in [0.15, 0.2) is 0 Å². The van der Waals surface area contributed by atoms with Crippen LogP contribution in [0.2, 0.25) is 0 Å². The van der Waals surface area contributed by atoms with Crippen molar-refractivity contribution < 1.29 is 14.7 Å². The van der Waals surface area contributed by atoms with Crippen LogP contribution < -0.4 is 0 Å². The molecule has 1 amide bonds. The van der Waals surface area contributed by atoms with E-state index in [0.717, 1.165) is 17.3 Å². The molecule has 1 aromatic heterocycles. The smallest absolute Gasteiger partial charge is 0.326 e. The maximum absolute atomic E-state index is 12.1. The van der Waals surface area contributed by atoms with E-state index in [4.69, 9.17) is 5.11 Å². The number of nitrogens with zero attached hydrogens (tertiary/aromatic N) is 1. The molecule has 0 aliphatic carbocycles. The van der Waals surface area contributed by atoms with E-state index in [0.29, 0.717) is 18.7 Å². The van der Waals surface area contributed by atoms with Crippen molar-refractivity contribution >= 4 is 27.8 Å². The van der Waals surface area contributed by atoms with E-state index in [1.54, 1.807) is 12.3 Å². The average Bonchev–Trinajstić information content (AvgIpc) is 2.75. The summed E-state index contributed by atoms with van der Waals surface area (Å²) in [7, 11) is 0. The highest BCUT2D eigenvalue weighted by atomic mass is 79.9. The van der Waals surface area contributed by atoms with Crippen LogP contribution in [0.1, 0.15) is 29.8 Å². The molecule has 17 heavy (non-hydrogen) atoms. The minimum absolute atomic E-state index is 0.247. The van der Waals surface area contributed by atoms with Gasteiger partial charge in [-0.3, -0.25) is 4.79 Å². The molecule has 1 atom stereocenters. The third kappa shape index (κ3) is 2.52. The van der Waals surface area contributed by atoms with Crippen LogP contribution in [-0.4, -0.2) is 39.5 Å². The molecule has 2 heterocycles. The molecule has 0 saturated carbocycles. The number of likely N-dealkylation sites (tertiary alicyclic amines) is 1. The number of aromatic amines is 1. The van der Waals surface area contributed by atoms with Crippen molar-refractivity contribution in [3.63, 3.8) is 0 Å². The highest BCUT2D eigenvalue weighted by molar-refractivity contribution is 9.10. The van der Waals surface area contributed by atoms with Gasteiger partial charge >= 0.3 is 5.97 Å². The zero-order valence-corrected chi connectivity index (χ0v) is 10.7. The molecule has 1 aromatic rings. The summed E-state index contributed by atoms with van der Waals surface area (Å²) in [6.45, 7) is 0.506. The van der Waals surface area contributed by atoms with Crippen LogP contribution in [0.3, 0.4) is 0 Å². The van der Waals surface area contributed by atoms with E-state index in [9.17, 15) is 9.59 Å². The molecule has 0 bridgehead atoms. The first-order valence-electron chi connectivity index (χ1n) is 5.47. The summed E-state index contributed by atoms with van der Waals surface area (Å²) in [5.41, 5.74) is 0.421. The molecular weight excluding hydrogens is 288 g/mol. The minimum atomic E-state index is -0.927. The molecule has 1 aliphatic heterocycles. The van der Waals surface area contributed by atoms with Gasteiger partial charge in [0.1, 0.15) is 11.7 Å². The Bertz CT molecular complexity index is 444. The fourth-order valence-corrected chi connectivity index (χ4v) is 2.42. The number of carbonyl (C=O) groups excluding carboxylic acids is 1. The van der Waals surface area contributed by atoms with Crippen molar-refractivity contribution in [3.8, 4) is 0 Å². The summed E-state index contributed by atoms with van der Waals surface area (Å²) in [5, 5.41) is 9.10. The number of carboxylic acid groups (broad SMARTS) is 1. The Kier molecular flexibility index (Phi) is 3.51. The SMILES string of the molecule is O=C(O)C1CCCCN1C(=O)c1cc(Br)c[nH]1. The molecule has 1 unspecified atom stereocenters. The first kappa shape index (κ1) is 12.2. The molecule has 0 aromatic carbocycles. The molecule has 0 radical (unpaired) electrons. The summed E-state index contributed by atoms with van der Waals surface area (Å²) in [5.74, 6) is -1.17. The minimum Gasteiger partial charge on any atom is -0.480 e. The van der Waals surface area contributed by atoms with Gasteiger partial charge in [-0.15, -0.1) is 0 Å². The fraction of sp³-hybridized carbons (Fsp3) is 0.455. The number of amides is 1. The molecule has 5 nitrogen and oxygen atoms in total. The van der Waals surface area contributed by atoms with Crippen molar-refractivity contribution in [2.24, 2.45) is 0 Å². The summed E-state index contributed by atoms with van der Waals surface area (Å²) >= 11 is 3.25. The predicted octanol–water partition coefficient (Wildman–Crippen LogP) is 1.86.